The van der Waals surface area contributed by atoms with Crippen molar-refractivity contribution in [2.75, 3.05) is 37.1 Å². The summed E-state index contributed by atoms with van der Waals surface area (Å²) in [5.41, 5.74) is 2.59. The summed E-state index contributed by atoms with van der Waals surface area (Å²) in [5, 5.41) is 3.14. The van der Waals surface area contributed by atoms with E-state index in [4.69, 9.17) is 9.47 Å². The predicted octanol–water partition coefficient (Wildman–Crippen LogP) is 4.32. The second kappa shape index (κ2) is 8.58. The van der Waals surface area contributed by atoms with Crippen LogP contribution in [-0.2, 0) is 26.2 Å². The lowest BCUT2D eigenvalue weighted by Crippen LogP contribution is -2.44. The van der Waals surface area contributed by atoms with Gasteiger partial charge in [-0.3, -0.25) is 9.59 Å². The first-order valence-electron chi connectivity index (χ1n) is 11.2. The van der Waals surface area contributed by atoms with Gasteiger partial charge in [-0.15, -0.1) is 0 Å². The number of ether oxygens (including phenoxy) is 2. The Hall–Kier alpha value is -2.86. The smallest absolute Gasteiger partial charge is 0.235 e. The Kier molecular flexibility index (Phi) is 5.99. The quantitative estimate of drug-likeness (QED) is 0.775. The molecule has 2 aromatic carbocycles. The molecule has 2 aromatic rings. The van der Waals surface area contributed by atoms with Crippen molar-refractivity contribution in [1.82, 2.24) is 0 Å². The Morgan fingerprint density at radius 1 is 1.06 bits per heavy atom. The van der Waals surface area contributed by atoms with E-state index in [-0.39, 0.29) is 11.8 Å². The molecule has 32 heavy (non-hydrogen) atoms. The number of anilines is 2. The molecule has 0 spiro atoms. The summed E-state index contributed by atoms with van der Waals surface area (Å²) in [6.45, 7) is 7.55. The Morgan fingerprint density at radius 2 is 1.75 bits per heavy atom. The van der Waals surface area contributed by atoms with Gasteiger partial charge in [0.15, 0.2) is 0 Å². The molecule has 0 radical (unpaired) electrons. The van der Waals surface area contributed by atoms with Crippen molar-refractivity contribution in [2.45, 2.75) is 45.4 Å². The SMILES string of the molecule is COc1ccc(C2(C(=O)Nc3ccc4c(c3)N(C(=O)C(C)(C)C)CC4)CCOCC2)cc1. The third-order valence-electron chi connectivity index (χ3n) is 6.55. The van der Waals surface area contributed by atoms with E-state index in [1.165, 1.54) is 0 Å². The van der Waals surface area contributed by atoms with E-state index in [2.05, 4.69) is 5.32 Å². The lowest BCUT2D eigenvalue weighted by molar-refractivity contribution is -0.126. The number of fused-ring (bicyclic) bond motifs is 1. The molecule has 0 aromatic heterocycles. The summed E-state index contributed by atoms with van der Waals surface area (Å²) in [6.07, 6.45) is 2.06. The number of methoxy groups -OCH3 is 1. The summed E-state index contributed by atoms with van der Waals surface area (Å²) >= 11 is 0. The van der Waals surface area contributed by atoms with Crippen molar-refractivity contribution in [1.29, 1.82) is 0 Å². The molecule has 4 rings (SSSR count). The maximum Gasteiger partial charge on any atom is 0.235 e. The molecule has 1 saturated heterocycles. The highest BCUT2D eigenvalue weighted by molar-refractivity contribution is 6.02. The average molecular weight is 437 g/mol. The van der Waals surface area contributed by atoms with Crippen LogP contribution < -0.4 is 15.0 Å². The maximum atomic E-state index is 13.6. The van der Waals surface area contributed by atoms with Crippen molar-refractivity contribution in [2.24, 2.45) is 5.41 Å². The third kappa shape index (κ3) is 4.11. The molecule has 1 N–H and O–H groups in total. The van der Waals surface area contributed by atoms with E-state index in [0.29, 0.717) is 38.3 Å². The van der Waals surface area contributed by atoms with E-state index < -0.39 is 10.8 Å². The van der Waals surface area contributed by atoms with Gasteiger partial charge < -0.3 is 19.7 Å². The van der Waals surface area contributed by atoms with E-state index in [0.717, 1.165) is 29.0 Å². The Bertz CT molecular complexity index is 1000. The minimum absolute atomic E-state index is 0.0439. The average Bonchev–Trinajstić information content (AvgIpc) is 3.21. The van der Waals surface area contributed by atoms with Crippen LogP contribution in [0.15, 0.2) is 42.5 Å². The molecule has 2 aliphatic heterocycles. The molecule has 0 bridgehead atoms. The fourth-order valence-electron chi connectivity index (χ4n) is 4.60. The fourth-order valence-corrected chi connectivity index (χ4v) is 4.60. The van der Waals surface area contributed by atoms with Crippen molar-refractivity contribution in [3.05, 3.63) is 53.6 Å². The number of benzene rings is 2. The molecular formula is C26H32N2O4. The highest BCUT2D eigenvalue weighted by atomic mass is 16.5. The molecule has 2 amide bonds. The molecule has 2 aliphatic rings. The van der Waals surface area contributed by atoms with Crippen LogP contribution >= 0.6 is 0 Å². The van der Waals surface area contributed by atoms with Gasteiger partial charge in [-0.2, -0.15) is 0 Å². The summed E-state index contributed by atoms with van der Waals surface area (Å²) in [4.78, 5) is 28.4. The van der Waals surface area contributed by atoms with Gasteiger partial charge in [-0.1, -0.05) is 39.0 Å². The summed E-state index contributed by atoms with van der Waals surface area (Å²) < 4.78 is 10.9. The zero-order valence-electron chi connectivity index (χ0n) is 19.4. The van der Waals surface area contributed by atoms with Gasteiger partial charge in [-0.25, -0.2) is 0 Å². The van der Waals surface area contributed by atoms with Crippen LogP contribution in [0.5, 0.6) is 5.75 Å². The van der Waals surface area contributed by atoms with Crippen LogP contribution in [0.25, 0.3) is 0 Å². The van der Waals surface area contributed by atoms with E-state index in [9.17, 15) is 9.59 Å². The predicted molar refractivity (Wildman–Crippen MR) is 125 cm³/mol. The third-order valence-corrected chi connectivity index (χ3v) is 6.55. The molecule has 6 heteroatoms. The molecule has 1 fully saturated rings. The van der Waals surface area contributed by atoms with Gasteiger partial charge in [0.25, 0.3) is 0 Å². The number of hydrogen-bond donors (Lipinski definition) is 1. The van der Waals surface area contributed by atoms with Crippen LogP contribution in [-0.4, -0.2) is 38.7 Å². The first-order valence-corrected chi connectivity index (χ1v) is 11.2. The maximum absolute atomic E-state index is 13.6. The van der Waals surface area contributed by atoms with E-state index >= 15 is 0 Å². The zero-order chi connectivity index (χ0) is 22.9. The lowest BCUT2D eigenvalue weighted by atomic mass is 9.73. The zero-order valence-corrected chi connectivity index (χ0v) is 19.4. The second-order valence-corrected chi connectivity index (χ2v) is 9.68. The summed E-state index contributed by atoms with van der Waals surface area (Å²) in [5.74, 6) is 0.815. The summed E-state index contributed by atoms with van der Waals surface area (Å²) in [6, 6.07) is 13.6. The number of carbonyl (C=O) groups excluding carboxylic acids is 2. The van der Waals surface area contributed by atoms with Gasteiger partial charge in [0.2, 0.25) is 11.8 Å². The van der Waals surface area contributed by atoms with Crippen molar-refractivity contribution in [3.63, 3.8) is 0 Å². The minimum atomic E-state index is -0.662. The lowest BCUT2D eigenvalue weighted by Gasteiger charge is -2.36. The largest absolute Gasteiger partial charge is 0.497 e. The van der Waals surface area contributed by atoms with E-state index in [1.54, 1.807) is 7.11 Å². The van der Waals surface area contributed by atoms with Gasteiger partial charge >= 0.3 is 0 Å². The number of nitrogens with one attached hydrogen (secondary N) is 1. The van der Waals surface area contributed by atoms with Crippen molar-refractivity contribution >= 4 is 23.2 Å². The Labute approximate surface area is 189 Å². The minimum Gasteiger partial charge on any atom is -0.497 e. The molecule has 0 unspecified atom stereocenters. The van der Waals surface area contributed by atoms with Gasteiger partial charge in [0, 0.05) is 36.5 Å². The number of rotatable bonds is 4. The standard InChI is InChI=1S/C26H32N2O4/c1-25(2,3)24(30)28-14-11-18-5-8-20(17-22(18)28)27-23(29)26(12-15-32-16-13-26)19-6-9-21(31-4)10-7-19/h5-10,17H,11-16H2,1-4H3,(H,27,29). The van der Waals surface area contributed by atoms with Crippen LogP contribution in [0.4, 0.5) is 11.4 Å². The Morgan fingerprint density at radius 3 is 2.38 bits per heavy atom. The molecule has 2 heterocycles. The molecule has 170 valence electrons. The number of amides is 2. The molecular weight excluding hydrogens is 404 g/mol. The molecule has 0 aliphatic carbocycles. The molecule has 0 atom stereocenters. The van der Waals surface area contributed by atoms with Gasteiger partial charge in [0.1, 0.15) is 5.75 Å². The normalized spacial score (nSPS) is 17.6. The monoisotopic (exact) mass is 436 g/mol. The van der Waals surface area contributed by atoms with Crippen LogP contribution in [0, 0.1) is 5.41 Å². The van der Waals surface area contributed by atoms with Crippen molar-refractivity contribution in [3.8, 4) is 5.75 Å². The number of hydrogen-bond acceptors (Lipinski definition) is 4. The second-order valence-electron chi connectivity index (χ2n) is 9.68. The summed E-state index contributed by atoms with van der Waals surface area (Å²) in [7, 11) is 1.63. The van der Waals surface area contributed by atoms with Crippen LogP contribution in [0.2, 0.25) is 0 Å². The number of nitrogens with zero attached hydrogens (tertiary/aromatic N) is 1. The van der Waals surface area contributed by atoms with Crippen molar-refractivity contribution < 1.29 is 19.1 Å². The fraction of sp³-hybridized carbons (Fsp3) is 0.462. The molecule has 0 saturated carbocycles. The van der Waals surface area contributed by atoms with E-state index in [1.807, 2.05) is 68.1 Å². The first kappa shape index (κ1) is 22.3. The topological polar surface area (TPSA) is 67.9 Å². The Balaban J connectivity index is 1.61. The van der Waals surface area contributed by atoms with Gasteiger partial charge in [0.05, 0.1) is 12.5 Å². The van der Waals surface area contributed by atoms with Gasteiger partial charge in [-0.05, 0) is 54.7 Å². The van der Waals surface area contributed by atoms with Crippen LogP contribution in [0.1, 0.15) is 44.7 Å². The number of carbonyl (C=O) groups is 2. The molecule has 6 nitrogen and oxygen atoms in total. The highest BCUT2D eigenvalue weighted by Crippen LogP contribution is 2.38. The highest BCUT2D eigenvalue weighted by Gasteiger charge is 2.42. The first-order chi connectivity index (χ1) is 15.2. The van der Waals surface area contributed by atoms with Crippen LogP contribution in [0.3, 0.4) is 0 Å².